The van der Waals surface area contributed by atoms with E-state index in [1.165, 1.54) is 0 Å². The molecule has 1 aliphatic heterocycles. The van der Waals surface area contributed by atoms with Crippen LogP contribution in [0, 0.1) is 13.8 Å². The monoisotopic (exact) mass is 407 g/mol. The summed E-state index contributed by atoms with van der Waals surface area (Å²) >= 11 is 0. The summed E-state index contributed by atoms with van der Waals surface area (Å²) in [6, 6.07) is 10.6. The van der Waals surface area contributed by atoms with Gasteiger partial charge in [0.1, 0.15) is 11.3 Å². The normalized spacial score (nSPS) is 15.7. The van der Waals surface area contributed by atoms with Crippen LogP contribution in [0.15, 0.2) is 45.6 Å². The molecule has 0 unspecified atom stereocenters. The minimum atomic E-state index is -0.582. The van der Waals surface area contributed by atoms with E-state index in [2.05, 4.69) is 0 Å². The Labute approximate surface area is 174 Å². The Morgan fingerprint density at radius 1 is 1.17 bits per heavy atom. The highest BCUT2D eigenvalue weighted by molar-refractivity contribution is 5.99. The van der Waals surface area contributed by atoms with Gasteiger partial charge in [0.05, 0.1) is 23.6 Å². The zero-order valence-electron chi connectivity index (χ0n) is 17.4. The van der Waals surface area contributed by atoms with Crippen molar-refractivity contribution in [2.75, 3.05) is 19.8 Å². The fraction of sp³-hybridized carbons (Fsp3) is 0.333. The van der Waals surface area contributed by atoms with Crippen molar-refractivity contribution in [3.63, 3.8) is 0 Å². The van der Waals surface area contributed by atoms with Crippen LogP contribution in [0.2, 0.25) is 0 Å². The van der Waals surface area contributed by atoms with Crippen LogP contribution in [0.5, 0.6) is 5.75 Å². The molecule has 2 aromatic carbocycles. The third-order valence-corrected chi connectivity index (χ3v) is 5.44. The quantitative estimate of drug-likeness (QED) is 0.673. The van der Waals surface area contributed by atoms with Gasteiger partial charge in [0.15, 0.2) is 5.43 Å². The maximum Gasteiger partial charge on any atom is 0.290 e. The number of hydrogen-bond acceptors (Lipinski definition) is 5. The minimum Gasteiger partial charge on any atom is -0.494 e. The summed E-state index contributed by atoms with van der Waals surface area (Å²) in [5, 5.41) is 9.81. The van der Waals surface area contributed by atoms with Crippen molar-refractivity contribution >= 4 is 16.9 Å². The third-order valence-electron chi connectivity index (χ3n) is 5.44. The van der Waals surface area contributed by atoms with E-state index >= 15 is 0 Å². The van der Waals surface area contributed by atoms with E-state index in [0.29, 0.717) is 41.9 Å². The van der Waals surface area contributed by atoms with Gasteiger partial charge in [0.2, 0.25) is 5.76 Å². The Bertz CT molecular complexity index is 1180. The number of carbonyl (C=O) groups excluding carboxylic acids is 1. The Hall–Kier alpha value is -3.12. The van der Waals surface area contributed by atoms with Crippen molar-refractivity contribution in [1.82, 2.24) is 4.90 Å². The second kappa shape index (κ2) is 7.95. The molecule has 0 spiro atoms. The average molecular weight is 407 g/mol. The van der Waals surface area contributed by atoms with Gasteiger partial charge in [-0.05, 0) is 62.1 Å². The van der Waals surface area contributed by atoms with E-state index in [0.717, 1.165) is 16.7 Å². The Morgan fingerprint density at radius 3 is 2.70 bits per heavy atom. The molecule has 1 N–H and O–H groups in total. The number of fused-ring (bicyclic) bond motifs is 2. The molecule has 4 rings (SSSR count). The first-order valence-corrected chi connectivity index (χ1v) is 10.2. The number of nitrogens with zero attached hydrogens (tertiary/aromatic N) is 1. The number of hydrogen-bond donors (Lipinski definition) is 1. The molecule has 6 nitrogen and oxygen atoms in total. The lowest BCUT2D eigenvalue weighted by molar-refractivity contribution is 0.0716. The molecule has 0 bridgehead atoms. The van der Waals surface area contributed by atoms with E-state index in [-0.39, 0.29) is 23.7 Å². The predicted octanol–water partition coefficient (Wildman–Crippen LogP) is 3.74. The standard InChI is InChI=1S/C24H25NO5/c1-4-29-17-8-5-7-16(13-17)20-19-21(27)18-12-14(2)11-15(3)22(18)30-23(19)24(28)25(20)9-6-10-26/h5,7-8,11-13,20,26H,4,6,9-10H2,1-3H3/t20-/m1/s1. The van der Waals surface area contributed by atoms with E-state index in [9.17, 15) is 14.7 Å². The molecule has 156 valence electrons. The summed E-state index contributed by atoms with van der Waals surface area (Å²) in [5.74, 6) is 0.434. The van der Waals surface area contributed by atoms with Gasteiger partial charge in [-0.2, -0.15) is 0 Å². The second-order valence-electron chi connectivity index (χ2n) is 7.62. The van der Waals surface area contributed by atoms with E-state index in [4.69, 9.17) is 9.15 Å². The lowest BCUT2D eigenvalue weighted by Gasteiger charge is -2.25. The molecular weight excluding hydrogens is 382 g/mol. The maximum atomic E-state index is 13.6. The third kappa shape index (κ3) is 3.27. The van der Waals surface area contributed by atoms with E-state index < -0.39 is 6.04 Å². The second-order valence-corrected chi connectivity index (χ2v) is 7.62. The SMILES string of the molecule is CCOc1cccc([C@@H]2c3c(oc4c(C)cc(C)cc4c3=O)C(=O)N2CCCO)c1. The first kappa shape index (κ1) is 20.2. The molecule has 0 aliphatic carbocycles. The first-order valence-electron chi connectivity index (χ1n) is 10.2. The molecule has 0 saturated carbocycles. The van der Waals surface area contributed by atoms with E-state index in [1.54, 1.807) is 4.90 Å². The van der Waals surface area contributed by atoms with Gasteiger partial charge < -0.3 is 19.2 Å². The van der Waals surface area contributed by atoms with Crippen LogP contribution >= 0.6 is 0 Å². The Morgan fingerprint density at radius 2 is 1.97 bits per heavy atom. The van der Waals surface area contributed by atoms with Crippen LogP contribution in [0.3, 0.4) is 0 Å². The highest BCUT2D eigenvalue weighted by Gasteiger charge is 2.42. The fourth-order valence-electron chi connectivity index (χ4n) is 4.23. The van der Waals surface area contributed by atoms with Crippen molar-refractivity contribution in [3.05, 3.63) is 74.6 Å². The van der Waals surface area contributed by atoms with Crippen molar-refractivity contribution < 1.29 is 19.1 Å². The van der Waals surface area contributed by atoms with Crippen LogP contribution in [-0.4, -0.2) is 35.7 Å². The van der Waals surface area contributed by atoms with Crippen molar-refractivity contribution in [2.45, 2.75) is 33.2 Å². The highest BCUT2D eigenvalue weighted by Crippen LogP contribution is 2.39. The van der Waals surface area contributed by atoms with Crippen molar-refractivity contribution in [3.8, 4) is 5.75 Å². The first-order chi connectivity index (χ1) is 14.5. The predicted molar refractivity (Wildman–Crippen MR) is 114 cm³/mol. The van der Waals surface area contributed by atoms with Crippen LogP contribution in [0.25, 0.3) is 11.0 Å². The zero-order chi connectivity index (χ0) is 21.4. The summed E-state index contributed by atoms with van der Waals surface area (Å²) in [6.07, 6.45) is 0.410. The van der Waals surface area contributed by atoms with Crippen LogP contribution in [0.1, 0.15) is 52.2 Å². The van der Waals surface area contributed by atoms with Crippen molar-refractivity contribution in [1.29, 1.82) is 0 Å². The van der Waals surface area contributed by atoms with Crippen molar-refractivity contribution in [2.24, 2.45) is 0 Å². The maximum absolute atomic E-state index is 13.6. The molecule has 0 saturated heterocycles. The molecule has 2 heterocycles. The number of aliphatic hydroxyl groups is 1. The van der Waals surface area contributed by atoms with Gasteiger partial charge in [-0.1, -0.05) is 18.2 Å². The topological polar surface area (TPSA) is 80.0 Å². The number of carbonyl (C=O) groups is 1. The molecule has 1 aromatic heterocycles. The van der Waals surface area contributed by atoms with Gasteiger partial charge >= 0.3 is 0 Å². The summed E-state index contributed by atoms with van der Waals surface area (Å²) in [4.78, 5) is 28.4. The Balaban J connectivity index is 1.97. The molecule has 3 aromatic rings. The van der Waals surface area contributed by atoms with E-state index in [1.807, 2.05) is 57.2 Å². The smallest absolute Gasteiger partial charge is 0.290 e. The highest BCUT2D eigenvalue weighted by atomic mass is 16.5. The number of rotatable bonds is 6. The molecule has 30 heavy (non-hydrogen) atoms. The van der Waals surface area contributed by atoms with Crippen LogP contribution in [-0.2, 0) is 0 Å². The molecular formula is C24H25NO5. The lowest BCUT2D eigenvalue weighted by Crippen LogP contribution is -2.31. The number of amides is 1. The van der Waals surface area contributed by atoms with Crippen LogP contribution < -0.4 is 10.2 Å². The van der Waals surface area contributed by atoms with Gasteiger partial charge in [0.25, 0.3) is 5.91 Å². The Kier molecular flexibility index (Phi) is 5.35. The molecule has 1 aliphatic rings. The number of aliphatic hydroxyl groups excluding tert-OH is 1. The fourth-order valence-corrected chi connectivity index (χ4v) is 4.23. The molecule has 1 atom stereocenters. The molecule has 0 fully saturated rings. The number of benzene rings is 2. The van der Waals surface area contributed by atoms with Gasteiger partial charge in [0, 0.05) is 13.2 Å². The van der Waals surface area contributed by atoms with Gasteiger partial charge in [-0.3, -0.25) is 9.59 Å². The molecule has 1 amide bonds. The summed E-state index contributed by atoms with van der Waals surface area (Å²) in [7, 11) is 0. The summed E-state index contributed by atoms with van der Waals surface area (Å²) < 4.78 is 11.7. The summed E-state index contributed by atoms with van der Waals surface area (Å²) in [6.45, 7) is 6.49. The molecule has 6 heteroatoms. The van der Waals surface area contributed by atoms with Crippen LogP contribution in [0.4, 0.5) is 0 Å². The molecule has 0 radical (unpaired) electrons. The minimum absolute atomic E-state index is 0.0481. The summed E-state index contributed by atoms with van der Waals surface area (Å²) in [5.41, 5.74) is 3.17. The largest absolute Gasteiger partial charge is 0.494 e. The van der Waals surface area contributed by atoms with Gasteiger partial charge in [-0.25, -0.2) is 0 Å². The lowest BCUT2D eigenvalue weighted by atomic mass is 9.97. The number of ether oxygens (including phenoxy) is 1. The number of aryl methyl sites for hydroxylation is 2. The van der Waals surface area contributed by atoms with Gasteiger partial charge in [-0.15, -0.1) is 0 Å². The average Bonchev–Trinajstić information content (AvgIpc) is 3.00. The zero-order valence-corrected chi connectivity index (χ0v) is 17.4.